The topological polar surface area (TPSA) is 9.23 Å². The molecule has 2 aromatic rings. The molecule has 1 nitrogen and oxygen atoms in total. The van der Waals surface area contributed by atoms with Crippen LogP contribution in [0.4, 0.5) is 0 Å². The fraction of sp³-hybridized carbons (Fsp3) is 0.150. The van der Waals surface area contributed by atoms with Crippen molar-refractivity contribution in [3.05, 3.63) is 88.5 Å². The molecule has 1 aliphatic carbocycles. The molecule has 111 valence electrons. The van der Waals surface area contributed by atoms with Gasteiger partial charge in [0.1, 0.15) is 5.76 Å². The number of hydrogen-bond donors (Lipinski definition) is 0. The van der Waals surface area contributed by atoms with Gasteiger partial charge in [-0.05, 0) is 54.7 Å². The molecule has 0 spiro atoms. The number of rotatable bonds is 3. The number of aryl methyl sites for hydroxylation is 1. The molecule has 0 atom stereocenters. The quantitative estimate of drug-likeness (QED) is 0.707. The van der Waals surface area contributed by atoms with E-state index in [2.05, 4.69) is 43.7 Å². The number of methoxy groups -OCH3 is 1. The summed E-state index contributed by atoms with van der Waals surface area (Å²) in [5.74, 6) is 0.917. The van der Waals surface area contributed by atoms with Gasteiger partial charge in [0.25, 0.3) is 0 Å². The molecule has 0 fully saturated rings. The van der Waals surface area contributed by atoms with Crippen molar-refractivity contribution >= 4 is 22.7 Å². The summed E-state index contributed by atoms with van der Waals surface area (Å²) in [5.41, 5.74) is 5.91. The molecular formula is C20H18ClO. The molecule has 2 heteroatoms. The predicted octanol–water partition coefficient (Wildman–Crippen LogP) is 5.70. The monoisotopic (exact) mass is 309 g/mol. The summed E-state index contributed by atoms with van der Waals surface area (Å²) < 4.78 is 5.61. The third-order valence-electron chi connectivity index (χ3n) is 3.86. The fourth-order valence-corrected chi connectivity index (χ4v) is 2.84. The first-order valence-corrected chi connectivity index (χ1v) is 7.72. The van der Waals surface area contributed by atoms with Gasteiger partial charge in [0.2, 0.25) is 0 Å². The van der Waals surface area contributed by atoms with Crippen LogP contribution in [0.3, 0.4) is 0 Å². The highest BCUT2D eigenvalue weighted by atomic mass is 35.5. The summed E-state index contributed by atoms with van der Waals surface area (Å²) in [6, 6.07) is 16.5. The van der Waals surface area contributed by atoms with Gasteiger partial charge in [-0.1, -0.05) is 53.6 Å². The average Bonchev–Trinajstić information content (AvgIpc) is 2.56. The predicted molar refractivity (Wildman–Crippen MR) is 93.5 cm³/mol. The van der Waals surface area contributed by atoms with Crippen LogP contribution in [0.15, 0.2) is 60.4 Å². The molecular weight excluding hydrogens is 292 g/mol. The van der Waals surface area contributed by atoms with E-state index < -0.39 is 0 Å². The molecule has 1 aliphatic rings. The van der Waals surface area contributed by atoms with Crippen molar-refractivity contribution in [2.45, 2.75) is 13.3 Å². The molecule has 0 heterocycles. The summed E-state index contributed by atoms with van der Waals surface area (Å²) >= 11 is 6.02. The van der Waals surface area contributed by atoms with Crippen LogP contribution in [0.5, 0.6) is 0 Å². The van der Waals surface area contributed by atoms with E-state index in [1.165, 1.54) is 16.7 Å². The number of halogens is 1. The van der Waals surface area contributed by atoms with Crippen LogP contribution < -0.4 is 0 Å². The second-order valence-electron chi connectivity index (χ2n) is 5.37. The Kier molecular flexibility index (Phi) is 4.35. The third kappa shape index (κ3) is 2.95. The Morgan fingerprint density at radius 2 is 1.55 bits per heavy atom. The molecule has 0 amide bonds. The van der Waals surface area contributed by atoms with E-state index >= 15 is 0 Å². The van der Waals surface area contributed by atoms with Crippen LogP contribution in [0.1, 0.15) is 23.1 Å². The molecule has 1 radical (unpaired) electrons. The molecule has 0 aliphatic heterocycles. The van der Waals surface area contributed by atoms with Gasteiger partial charge in [-0.15, -0.1) is 0 Å². The Hall–Kier alpha value is -1.99. The number of hydrogen-bond acceptors (Lipinski definition) is 1. The van der Waals surface area contributed by atoms with Crippen molar-refractivity contribution in [3.63, 3.8) is 0 Å². The summed E-state index contributed by atoms with van der Waals surface area (Å²) in [5, 5.41) is 0.740. The number of allylic oxidation sites excluding steroid dienone is 3. The number of benzene rings is 2. The first-order chi connectivity index (χ1) is 10.7. The molecule has 0 unspecified atom stereocenters. The van der Waals surface area contributed by atoms with Crippen LogP contribution in [0, 0.1) is 13.3 Å². The highest BCUT2D eigenvalue weighted by molar-refractivity contribution is 6.30. The summed E-state index contributed by atoms with van der Waals surface area (Å²) in [7, 11) is 1.72. The van der Waals surface area contributed by atoms with Crippen molar-refractivity contribution in [2.75, 3.05) is 7.11 Å². The van der Waals surface area contributed by atoms with E-state index in [1.807, 2.05) is 24.3 Å². The molecule has 3 rings (SSSR count). The van der Waals surface area contributed by atoms with Crippen LogP contribution in [0.25, 0.3) is 11.1 Å². The minimum absolute atomic E-state index is 0.740. The minimum Gasteiger partial charge on any atom is -0.496 e. The lowest BCUT2D eigenvalue weighted by atomic mass is 9.86. The fourth-order valence-electron chi connectivity index (χ4n) is 2.72. The van der Waals surface area contributed by atoms with E-state index in [4.69, 9.17) is 16.3 Å². The van der Waals surface area contributed by atoms with Gasteiger partial charge in [0.15, 0.2) is 0 Å². The van der Waals surface area contributed by atoms with Gasteiger partial charge in [-0.3, -0.25) is 0 Å². The normalized spacial score (nSPS) is 14.8. The standard InChI is InChI=1S/C20H18ClO/c1-14-6-8-15(9-7-14)18-4-3-5-19(22-2)20(18)16-10-12-17(21)13-11-16/h4-13H,3H2,1-2H3. The molecule has 0 N–H and O–H groups in total. The lowest BCUT2D eigenvalue weighted by Gasteiger charge is -2.22. The lowest BCUT2D eigenvalue weighted by Crippen LogP contribution is -2.03. The minimum atomic E-state index is 0.740. The summed E-state index contributed by atoms with van der Waals surface area (Å²) in [6.07, 6.45) is 5.24. The Balaban J connectivity index is 2.17. The Morgan fingerprint density at radius 1 is 0.909 bits per heavy atom. The Bertz CT molecular complexity index is 721. The van der Waals surface area contributed by atoms with E-state index in [0.29, 0.717) is 0 Å². The van der Waals surface area contributed by atoms with Crippen LogP contribution in [0.2, 0.25) is 5.02 Å². The lowest BCUT2D eigenvalue weighted by molar-refractivity contribution is 0.309. The van der Waals surface area contributed by atoms with E-state index in [1.54, 1.807) is 7.11 Å². The molecule has 0 saturated carbocycles. The summed E-state index contributed by atoms with van der Waals surface area (Å²) in [6.45, 7) is 2.10. The van der Waals surface area contributed by atoms with Crippen LogP contribution >= 0.6 is 11.6 Å². The second kappa shape index (κ2) is 6.41. The first-order valence-electron chi connectivity index (χ1n) is 7.34. The maximum Gasteiger partial charge on any atom is 0.123 e. The highest BCUT2D eigenvalue weighted by Gasteiger charge is 2.20. The van der Waals surface area contributed by atoms with E-state index in [-0.39, 0.29) is 0 Å². The Morgan fingerprint density at radius 3 is 2.18 bits per heavy atom. The Labute approximate surface area is 136 Å². The van der Waals surface area contributed by atoms with Crippen molar-refractivity contribution in [1.29, 1.82) is 0 Å². The zero-order valence-corrected chi connectivity index (χ0v) is 13.5. The second-order valence-corrected chi connectivity index (χ2v) is 5.81. The zero-order chi connectivity index (χ0) is 15.5. The van der Waals surface area contributed by atoms with Gasteiger partial charge in [-0.25, -0.2) is 0 Å². The maximum atomic E-state index is 6.02. The first kappa shape index (κ1) is 14.9. The van der Waals surface area contributed by atoms with Crippen LogP contribution in [-0.4, -0.2) is 7.11 Å². The molecule has 22 heavy (non-hydrogen) atoms. The van der Waals surface area contributed by atoms with E-state index in [9.17, 15) is 0 Å². The zero-order valence-electron chi connectivity index (χ0n) is 12.8. The van der Waals surface area contributed by atoms with Crippen molar-refractivity contribution in [2.24, 2.45) is 0 Å². The largest absolute Gasteiger partial charge is 0.496 e. The molecule has 0 bridgehead atoms. The van der Waals surface area contributed by atoms with E-state index in [0.717, 1.165) is 28.3 Å². The average molecular weight is 310 g/mol. The van der Waals surface area contributed by atoms with Gasteiger partial charge in [0.05, 0.1) is 7.11 Å². The molecule has 0 aromatic heterocycles. The van der Waals surface area contributed by atoms with Gasteiger partial charge in [0, 0.05) is 10.6 Å². The maximum absolute atomic E-state index is 6.02. The smallest absolute Gasteiger partial charge is 0.123 e. The summed E-state index contributed by atoms with van der Waals surface area (Å²) in [4.78, 5) is 0. The van der Waals surface area contributed by atoms with Crippen molar-refractivity contribution in [3.8, 4) is 0 Å². The van der Waals surface area contributed by atoms with Gasteiger partial charge < -0.3 is 4.74 Å². The van der Waals surface area contributed by atoms with Gasteiger partial charge >= 0.3 is 0 Å². The molecule has 0 saturated heterocycles. The van der Waals surface area contributed by atoms with Gasteiger partial charge in [-0.2, -0.15) is 0 Å². The van der Waals surface area contributed by atoms with Crippen LogP contribution in [-0.2, 0) is 4.74 Å². The van der Waals surface area contributed by atoms with Crippen molar-refractivity contribution in [1.82, 2.24) is 0 Å². The van der Waals surface area contributed by atoms with Crippen molar-refractivity contribution < 1.29 is 4.74 Å². The number of ether oxygens (including phenoxy) is 1. The third-order valence-corrected chi connectivity index (χ3v) is 4.11. The molecule has 2 aromatic carbocycles. The SMILES string of the molecule is COC1=CC[CH]C(c2ccc(C)cc2)=C1c1ccc(Cl)cc1. The highest BCUT2D eigenvalue weighted by Crippen LogP contribution is 2.38.